The van der Waals surface area contributed by atoms with Crippen LogP contribution in [0.1, 0.15) is 19.8 Å². The van der Waals surface area contributed by atoms with E-state index in [0.717, 1.165) is 6.92 Å². The van der Waals surface area contributed by atoms with E-state index >= 15 is 0 Å². The molecule has 0 radical (unpaired) electrons. The van der Waals surface area contributed by atoms with Gasteiger partial charge in [-0.1, -0.05) is 0 Å². The quantitative estimate of drug-likeness (QED) is 0.129. The largest absolute Gasteiger partial charge is 0.481 e. The lowest BCUT2D eigenvalue weighted by Crippen LogP contribution is -2.58. The summed E-state index contributed by atoms with van der Waals surface area (Å²) in [5.41, 5.74) is 5.34. The monoisotopic (exact) mass is 452 g/mol. The standard InChI is InChI=1S/C16H28N4O9S/c1-7(22)12(16(28)29)20-14(26)9(3-4-30-2)18-15(27)10(5-11(23)24)19-13(25)8(17)6-21/h7-10,12,21-22H,3-6,17H2,1-2H3,(H,18,27)(H,19,25)(H,20,26)(H,23,24)(H,28,29). The molecule has 14 heteroatoms. The molecule has 5 unspecified atom stereocenters. The Bertz CT molecular complexity index is 632. The van der Waals surface area contributed by atoms with E-state index in [1.165, 1.54) is 11.8 Å². The lowest BCUT2D eigenvalue weighted by molar-refractivity contribution is -0.145. The van der Waals surface area contributed by atoms with Gasteiger partial charge in [-0.05, 0) is 25.4 Å². The van der Waals surface area contributed by atoms with Crippen LogP contribution in [0.2, 0.25) is 0 Å². The number of aliphatic hydroxyl groups is 2. The first-order chi connectivity index (χ1) is 13.9. The summed E-state index contributed by atoms with van der Waals surface area (Å²) in [6.07, 6.45) is -0.439. The number of carbonyl (C=O) groups excluding carboxylic acids is 3. The molecule has 172 valence electrons. The smallest absolute Gasteiger partial charge is 0.328 e. The summed E-state index contributed by atoms with van der Waals surface area (Å²) in [6.45, 7) is 0.430. The van der Waals surface area contributed by atoms with Crippen LogP contribution < -0.4 is 21.7 Å². The molecule has 0 aliphatic rings. The lowest BCUT2D eigenvalue weighted by atomic mass is 10.1. The van der Waals surface area contributed by atoms with Crippen LogP contribution in [-0.4, -0.2) is 99.0 Å². The second-order valence-corrected chi connectivity index (χ2v) is 7.34. The third-order valence-corrected chi connectivity index (χ3v) is 4.48. The van der Waals surface area contributed by atoms with Gasteiger partial charge in [0.25, 0.3) is 0 Å². The number of amides is 3. The van der Waals surface area contributed by atoms with E-state index in [1.807, 2.05) is 0 Å². The van der Waals surface area contributed by atoms with Crippen LogP contribution in [0.4, 0.5) is 0 Å². The number of carbonyl (C=O) groups is 5. The van der Waals surface area contributed by atoms with E-state index in [0.29, 0.717) is 5.75 Å². The van der Waals surface area contributed by atoms with Crippen molar-refractivity contribution in [3.63, 3.8) is 0 Å². The Kier molecular flexibility index (Phi) is 12.6. The maximum atomic E-state index is 12.5. The van der Waals surface area contributed by atoms with Crippen molar-refractivity contribution in [3.05, 3.63) is 0 Å². The number of rotatable bonds is 14. The van der Waals surface area contributed by atoms with Gasteiger partial charge in [0.1, 0.15) is 18.1 Å². The number of aliphatic hydroxyl groups excluding tert-OH is 2. The maximum absolute atomic E-state index is 12.5. The van der Waals surface area contributed by atoms with Gasteiger partial charge in [-0.25, -0.2) is 4.79 Å². The van der Waals surface area contributed by atoms with Crippen molar-refractivity contribution in [1.29, 1.82) is 0 Å². The average Bonchev–Trinajstić information content (AvgIpc) is 2.66. The fourth-order valence-corrected chi connectivity index (χ4v) is 2.64. The van der Waals surface area contributed by atoms with E-state index in [4.69, 9.17) is 21.1 Å². The SMILES string of the molecule is CSCCC(NC(=O)C(CC(=O)O)NC(=O)C(N)CO)C(=O)NC(C(=O)O)C(C)O. The molecule has 0 bridgehead atoms. The average molecular weight is 452 g/mol. The number of nitrogens with two attached hydrogens (primary N) is 1. The molecule has 30 heavy (non-hydrogen) atoms. The number of hydrogen-bond donors (Lipinski definition) is 8. The first-order valence-corrected chi connectivity index (χ1v) is 10.2. The molecule has 0 aliphatic heterocycles. The molecule has 3 amide bonds. The normalized spacial score (nSPS) is 15.8. The zero-order chi connectivity index (χ0) is 23.4. The lowest BCUT2D eigenvalue weighted by Gasteiger charge is -2.25. The van der Waals surface area contributed by atoms with Gasteiger partial charge in [-0.15, -0.1) is 0 Å². The molecule has 0 fully saturated rings. The number of nitrogens with one attached hydrogen (secondary N) is 3. The second kappa shape index (κ2) is 13.7. The van der Waals surface area contributed by atoms with Gasteiger partial charge >= 0.3 is 11.9 Å². The van der Waals surface area contributed by atoms with E-state index in [2.05, 4.69) is 16.0 Å². The highest BCUT2D eigenvalue weighted by Crippen LogP contribution is 2.05. The summed E-state index contributed by atoms with van der Waals surface area (Å²) in [5.74, 6) is -5.40. The predicted molar refractivity (Wildman–Crippen MR) is 105 cm³/mol. The molecule has 0 spiro atoms. The van der Waals surface area contributed by atoms with Gasteiger partial charge in [-0.3, -0.25) is 19.2 Å². The molecule has 13 nitrogen and oxygen atoms in total. The van der Waals surface area contributed by atoms with Gasteiger partial charge in [-0.2, -0.15) is 11.8 Å². The summed E-state index contributed by atoms with van der Waals surface area (Å²) in [7, 11) is 0. The third-order valence-electron chi connectivity index (χ3n) is 3.84. The number of aliphatic carboxylic acids is 2. The Balaban J connectivity index is 5.43. The summed E-state index contributed by atoms with van der Waals surface area (Å²) >= 11 is 1.34. The highest BCUT2D eigenvalue weighted by Gasteiger charge is 2.32. The van der Waals surface area contributed by atoms with Gasteiger partial charge < -0.3 is 42.1 Å². The van der Waals surface area contributed by atoms with Crippen molar-refractivity contribution in [3.8, 4) is 0 Å². The molecule has 0 rings (SSSR count). The Labute approximate surface area is 176 Å². The van der Waals surface area contributed by atoms with Crippen LogP contribution in [0.5, 0.6) is 0 Å². The van der Waals surface area contributed by atoms with Crippen molar-refractivity contribution in [2.75, 3.05) is 18.6 Å². The van der Waals surface area contributed by atoms with E-state index < -0.39 is 73.0 Å². The van der Waals surface area contributed by atoms with Crippen molar-refractivity contribution >= 4 is 41.4 Å². The van der Waals surface area contributed by atoms with Gasteiger partial charge in [0, 0.05) is 0 Å². The summed E-state index contributed by atoms with van der Waals surface area (Å²) in [4.78, 5) is 59.0. The Morgan fingerprint density at radius 2 is 1.50 bits per heavy atom. The van der Waals surface area contributed by atoms with Crippen LogP contribution >= 0.6 is 11.8 Å². The molecule has 0 aromatic carbocycles. The Hall–Kier alpha value is -2.42. The van der Waals surface area contributed by atoms with Gasteiger partial charge in [0.15, 0.2) is 6.04 Å². The molecule has 0 heterocycles. The van der Waals surface area contributed by atoms with Crippen molar-refractivity contribution in [2.24, 2.45) is 5.73 Å². The molecule has 0 saturated carbocycles. The number of hydrogen-bond acceptors (Lipinski definition) is 9. The number of carboxylic acids is 2. The van der Waals surface area contributed by atoms with Crippen molar-refractivity contribution < 1.29 is 44.4 Å². The van der Waals surface area contributed by atoms with E-state index in [1.54, 1.807) is 6.26 Å². The first-order valence-electron chi connectivity index (χ1n) is 8.83. The molecular weight excluding hydrogens is 424 g/mol. The zero-order valence-electron chi connectivity index (χ0n) is 16.5. The first kappa shape index (κ1) is 27.6. The zero-order valence-corrected chi connectivity index (χ0v) is 17.3. The molecule has 5 atom stereocenters. The highest BCUT2D eigenvalue weighted by atomic mass is 32.2. The van der Waals surface area contributed by atoms with Crippen molar-refractivity contribution in [2.45, 2.75) is 50.0 Å². The fourth-order valence-electron chi connectivity index (χ4n) is 2.16. The van der Waals surface area contributed by atoms with Crippen LogP contribution in [0, 0.1) is 0 Å². The second-order valence-electron chi connectivity index (χ2n) is 6.36. The molecule has 9 N–H and O–H groups in total. The van der Waals surface area contributed by atoms with E-state index in [-0.39, 0.29) is 6.42 Å². The topological polar surface area (TPSA) is 228 Å². The van der Waals surface area contributed by atoms with Gasteiger partial charge in [0.2, 0.25) is 17.7 Å². The van der Waals surface area contributed by atoms with E-state index in [9.17, 15) is 29.1 Å². The third kappa shape index (κ3) is 9.87. The molecular formula is C16H28N4O9S. The molecule has 0 aromatic rings. The minimum absolute atomic E-state index is 0.0643. The summed E-state index contributed by atoms with van der Waals surface area (Å²) in [6, 6.07) is -5.86. The Morgan fingerprint density at radius 3 is 1.93 bits per heavy atom. The highest BCUT2D eigenvalue weighted by molar-refractivity contribution is 7.98. The maximum Gasteiger partial charge on any atom is 0.328 e. The molecule has 0 aliphatic carbocycles. The number of carboxylic acid groups (broad SMARTS) is 2. The minimum Gasteiger partial charge on any atom is -0.481 e. The summed E-state index contributed by atoms with van der Waals surface area (Å²) < 4.78 is 0. The van der Waals surface area contributed by atoms with Crippen LogP contribution in [0.3, 0.4) is 0 Å². The molecule has 0 aromatic heterocycles. The molecule has 0 saturated heterocycles. The van der Waals surface area contributed by atoms with Gasteiger partial charge in [0.05, 0.1) is 19.1 Å². The Morgan fingerprint density at radius 1 is 0.967 bits per heavy atom. The predicted octanol–water partition coefficient (Wildman–Crippen LogP) is -3.55. The number of thioether (sulfide) groups is 1. The van der Waals surface area contributed by atoms with Crippen LogP contribution in [0.15, 0.2) is 0 Å². The van der Waals surface area contributed by atoms with Crippen LogP contribution in [-0.2, 0) is 24.0 Å². The van der Waals surface area contributed by atoms with Crippen molar-refractivity contribution in [1.82, 2.24) is 16.0 Å². The summed E-state index contributed by atoms with van der Waals surface area (Å²) in [5, 5.41) is 42.9. The fraction of sp³-hybridized carbons (Fsp3) is 0.688. The van der Waals surface area contributed by atoms with Crippen LogP contribution in [0.25, 0.3) is 0 Å². The minimum atomic E-state index is -1.62.